The normalized spacial score (nSPS) is 11.3. The maximum atomic E-state index is 5.44. The quantitative estimate of drug-likeness (QED) is 0.136. The summed E-state index contributed by atoms with van der Waals surface area (Å²) in [5.74, 6) is 1.93. The predicted molar refractivity (Wildman–Crippen MR) is 277 cm³/mol. The first kappa shape index (κ1) is 41.1. The summed E-state index contributed by atoms with van der Waals surface area (Å²) in [5.41, 5.74) is 16.6. The first-order valence-corrected chi connectivity index (χ1v) is 22.7. The lowest BCUT2D eigenvalue weighted by Gasteiger charge is -2.25. The van der Waals surface area contributed by atoms with Crippen LogP contribution in [0.1, 0.15) is 22.3 Å². The van der Waals surface area contributed by atoms with Gasteiger partial charge in [0.1, 0.15) is 5.65 Å². The summed E-state index contributed by atoms with van der Waals surface area (Å²) < 4.78 is 2.37. The van der Waals surface area contributed by atoms with Crippen molar-refractivity contribution in [2.24, 2.45) is 0 Å². The molecule has 7 heteroatoms. The molecule has 11 rings (SSSR count). The zero-order valence-corrected chi connectivity index (χ0v) is 37.8. The Morgan fingerprint density at radius 1 is 0.358 bits per heavy atom. The van der Waals surface area contributed by atoms with Crippen LogP contribution in [-0.2, 0) is 0 Å². The Labute approximate surface area is 391 Å². The third-order valence-corrected chi connectivity index (χ3v) is 12.9. The molecule has 0 radical (unpaired) electrons. The zero-order valence-electron chi connectivity index (χ0n) is 37.8. The van der Waals surface area contributed by atoms with Gasteiger partial charge in [0.15, 0.2) is 17.5 Å². The molecule has 0 fully saturated rings. The van der Waals surface area contributed by atoms with Crippen LogP contribution in [0, 0.1) is 27.7 Å². The number of aromatic nitrogens is 5. The lowest BCUT2D eigenvalue weighted by atomic mass is 9.91. The molecule has 0 N–H and O–H groups in total. The van der Waals surface area contributed by atoms with Crippen LogP contribution in [0.5, 0.6) is 0 Å². The van der Waals surface area contributed by atoms with Gasteiger partial charge in [-0.25, -0.2) is 19.9 Å². The summed E-state index contributed by atoms with van der Waals surface area (Å²) in [6, 6.07) is 71.6. The van der Waals surface area contributed by atoms with E-state index in [0.29, 0.717) is 17.5 Å². The molecule has 0 saturated carbocycles. The summed E-state index contributed by atoms with van der Waals surface area (Å²) in [6.45, 7) is 8.83. The third kappa shape index (κ3) is 7.46. The fraction of sp³-hybridized carbons (Fsp3) is 0.0667. The van der Waals surface area contributed by atoms with Crippen LogP contribution in [0.4, 0.5) is 34.1 Å². The molecule has 8 aromatic carbocycles. The minimum absolute atomic E-state index is 0.640. The van der Waals surface area contributed by atoms with E-state index >= 15 is 0 Å². The number of benzene rings is 8. The van der Waals surface area contributed by atoms with E-state index in [1.807, 2.05) is 42.6 Å². The minimum atomic E-state index is 0.640. The van der Waals surface area contributed by atoms with E-state index in [1.54, 1.807) is 0 Å². The lowest BCUT2D eigenvalue weighted by Crippen LogP contribution is -2.11. The van der Waals surface area contributed by atoms with Crippen LogP contribution in [0.25, 0.3) is 61.8 Å². The molecule has 0 aliphatic carbocycles. The van der Waals surface area contributed by atoms with Gasteiger partial charge < -0.3 is 9.80 Å². The van der Waals surface area contributed by atoms with E-state index in [-0.39, 0.29) is 0 Å². The van der Waals surface area contributed by atoms with Crippen LogP contribution >= 0.6 is 0 Å². The van der Waals surface area contributed by atoms with Crippen LogP contribution in [0.15, 0.2) is 212 Å². The molecular formula is C60H47N7. The Kier molecular flexibility index (Phi) is 10.6. The molecule has 0 unspecified atom stereocenters. The first-order chi connectivity index (χ1) is 32.9. The van der Waals surface area contributed by atoms with Crippen molar-refractivity contribution in [2.75, 3.05) is 9.80 Å². The molecule has 7 nitrogen and oxygen atoms in total. The number of hydrogen-bond acceptors (Lipinski definition) is 6. The molecule has 11 aromatic rings. The van der Waals surface area contributed by atoms with Crippen molar-refractivity contribution < 1.29 is 0 Å². The largest absolute Gasteiger partial charge is 0.310 e. The molecule has 0 aliphatic rings. The van der Waals surface area contributed by atoms with Gasteiger partial charge in [0, 0.05) is 55.9 Å². The standard InChI is InChI=1S/C60H47N7/c1-40-42(3)56(43(4)41(2)55(40)59-63-57(44-23-11-5-12-24-44)62-58(64-59)45-25-13-6-14-26-45)67-54-36-35-50(65(46-27-15-7-16-28-46)47-29-17-8-18-30-47)37-52(54)53-38-51(39-61-60(53)67)66(48-31-19-9-20-32-48)49-33-21-10-22-34-49/h5-39H,1-4H3. The fourth-order valence-corrected chi connectivity index (χ4v) is 9.45. The molecule has 0 aliphatic heterocycles. The van der Waals surface area contributed by atoms with Gasteiger partial charge in [0.2, 0.25) is 0 Å². The number of pyridine rings is 1. The van der Waals surface area contributed by atoms with Crippen LogP contribution in [0.3, 0.4) is 0 Å². The molecule has 67 heavy (non-hydrogen) atoms. The summed E-state index contributed by atoms with van der Waals surface area (Å²) in [4.78, 5) is 25.4. The van der Waals surface area contributed by atoms with Gasteiger partial charge in [-0.05, 0) is 123 Å². The topological polar surface area (TPSA) is 63.0 Å². The SMILES string of the molecule is Cc1c(C)c(-n2c3ccc(N(c4ccccc4)c4ccccc4)cc3c3cc(N(c4ccccc4)c4ccccc4)cnc32)c(C)c(C)c1-c1nc(-c2ccccc2)nc(-c2ccccc2)n1. The Balaban J connectivity index is 1.16. The van der Waals surface area contributed by atoms with Gasteiger partial charge in [0.25, 0.3) is 0 Å². The van der Waals surface area contributed by atoms with E-state index in [2.05, 4.69) is 212 Å². The Hall–Kier alpha value is -8.68. The molecular weight excluding hydrogens is 819 g/mol. The monoisotopic (exact) mass is 865 g/mol. The highest BCUT2D eigenvalue weighted by molar-refractivity contribution is 6.11. The van der Waals surface area contributed by atoms with Crippen molar-refractivity contribution in [3.8, 4) is 39.9 Å². The van der Waals surface area contributed by atoms with Crippen LogP contribution in [-0.4, -0.2) is 24.5 Å². The van der Waals surface area contributed by atoms with Crippen molar-refractivity contribution in [3.05, 3.63) is 235 Å². The van der Waals surface area contributed by atoms with Crippen molar-refractivity contribution in [3.63, 3.8) is 0 Å². The van der Waals surface area contributed by atoms with E-state index < -0.39 is 0 Å². The average Bonchev–Trinajstić information content (AvgIpc) is 3.70. The molecule has 0 atom stereocenters. The summed E-state index contributed by atoms with van der Waals surface area (Å²) >= 11 is 0. The van der Waals surface area contributed by atoms with Crippen molar-refractivity contribution in [2.45, 2.75) is 27.7 Å². The second-order valence-corrected chi connectivity index (χ2v) is 16.9. The molecule has 322 valence electrons. The van der Waals surface area contributed by atoms with Crippen LogP contribution in [0.2, 0.25) is 0 Å². The van der Waals surface area contributed by atoms with Gasteiger partial charge in [0.05, 0.1) is 23.1 Å². The average molecular weight is 866 g/mol. The van der Waals surface area contributed by atoms with E-state index in [4.69, 9.17) is 19.9 Å². The van der Waals surface area contributed by atoms with E-state index in [1.165, 1.54) is 0 Å². The highest BCUT2D eigenvalue weighted by atomic mass is 15.2. The first-order valence-electron chi connectivity index (χ1n) is 22.7. The molecule has 0 amide bonds. The minimum Gasteiger partial charge on any atom is -0.310 e. The zero-order chi connectivity index (χ0) is 45.4. The molecule has 0 saturated heterocycles. The molecule has 3 heterocycles. The predicted octanol–water partition coefficient (Wildman–Crippen LogP) is 15.5. The number of anilines is 6. The second-order valence-electron chi connectivity index (χ2n) is 16.9. The second kappa shape index (κ2) is 17.4. The third-order valence-electron chi connectivity index (χ3n) is 12.9. The van der Waals surface area contributed by atoms with Gasteiger partial charge in [-0.15, -0.1) is 0 Å². The van der Waals surface area contributed by atoms with E-state index in [0.717, 1.165) is 101 Å². The van der Waals surface area contributed by atoms with Crippen molar-refractivity contribution in [1.82, 2.24) is 24.5 Å². The molecule has 3 aromatic heterocycles. The summed E-state index contributed by atoms with van der Waals surface area (Å²) in [7, 11) is 0. The fourth-order valence-electron chi connectivity index (χ4n) is 9.45. The Bertz CT molecular complexity index is 3240. The summed E-state index contributed by atoms with van der Waals surface area (Å²) in [6.07, 6.45) is 2.01. The number of para-hydroxylation sites is 4. The highest BCUT2D eigenvalue weighted by Gasteiger charge is 2.26. The van der Waals surface area contributed by atoms with Gasteiger partial charge in [-0.1, -0.05) is 133 Å². The highest BCUT2D eigenvalue weighted by Crippen LogP contribution is 2.44. The smallest absolute Gasteiger partial charge is 0.164 e. The van der Waals surface area contributed by atoms with Crippen LogP contribution < -0.4 is 9.80 Å². The molecule has 0 spiro atoms. The summed E-state index contributed by atoms with van der Waals surface area (Å²) in [5, 5.41) is 2.14. The number of rotatable bonds is 10. The maximum Gasteiger partial charge on any atom is 0.164 e. The van der Waals surface area contributed by atoms with Crippen molar-refractivity contribution in [1.29, 1.82) is 0 Å². The Morgan fingerprint density at radius 2 is 0.746 bits per heavy atom. The maximum absolute atomic E-state index is 5.44. The van der Waals surface area contributed by atoms with Crippen molar-refractivity contribution >= 4 is 56.1 Å². The Morgan fingerprint density at radius 3 is 1.19 bits per heavy atom. The number of hydrogen-bond donors (Lipinski definition) is 0. The lowest BCUT2D eigenvalue weighted by molar-refractivity contribution is 1.04. The van der Waals surface area contributed by atoms with Gasteiger partial charge >= 0.3 is 0 Å². The molecule has 0 bridgehead atoms. The number of fused-ring (bicyclic) bond motifs is 3. The van der Waals surface area contributed by atoms with E-state index in [9.17, 15) is 0 Å². The van der Waals surface area contributed by atoms with Gasteiger partial charge in [-0.3, -0.25) is 4.57 Å². The van der Waals surface area contributed by atoms with Gasteiger partial charge in [-0.2, -0.15) is 0 Å². The number of nitrogens with zero attached hydrogens (tertiary/aromatic N) is 7.